The first kappa shape index (κ1) is 15.3. The van der Waals surface area contributed by atoms with Crippen molar-refractivity contribution in [2.45, 2.75) is 6.18 Å². The summed E-state index contributed by atoms with van der Waals surface area (Å²) in [4.78, 5) is 15.4. The van der Waals surface area contributed by atoms with E-state index in [4.69, 9.17) is 11.6 Å². The number of hydrogen-bond acceptors (Lipinski definition) is 3. The van der Waals surface area contributed by atoms with Gasteiger partial charge in [0.15, 0.2) is 11.5 Å². The molecule has 1 amide bonds. The highest BCUT2D eigenvalue weighted by Crippen LogP contribution is 2.31. The van der Waals surface area contributed by atoms with E-state index in [1.807, 2.05) is 0 Å². The molecule has 0 fully saturated rings. The molecule has 0 radical (unpaired) electrons. The number of pyridine rings is 1. The summed E-state index contributed by atoms with van der Waals surface area (Å²) >= 11 is 5.97. The van der Waals surface area contributed by atoms with Crippen molar-refractivity contribution < 1.29 is 18.0 Å². The molecule has 0 unspecified atom stereocenters. The zero-order chi connectivity index (χ0) is 16.6. The third kappa shape index (κ3) is 2.85. The number of halogens is 4. The van der Waals surface area contributed by atoms with E-state index in [9.17, 15) is 18.0 Å². The predicted octanol–water partition coefficient (Wildman–Crippen LogP) is 3.88. The van der Waals surface area contributed by atoms with Crippen molar-refractivity contribution in [3.63, 3.8) is 0 Å². The number of rotatable bonds is 2. The average Bonchev–Trinajstić information content (AvgIpc) is 2.91. The molecule has 118 valence electrons. The Morgan fingerprint density at radius 3 is 2.74 bits per heavy atom. The maximum absolute atomic E-state index is 12.9. The van der Waals surface area contributed by atoms with Gasteiger partial charge < -0.3 is 5.32 Å². The van der Waals surface area contributed by atoms with Crippen LogP contribution in [0.1, 0.15) is 16.1 Å². The first-order valence-corrected chi connectivity index (χ1v) is 6.72. The van der Waals surface area contributed by atoms with Crippen LogP contribution in [-0.2, 0) is 6.18 Å². The van der Waals surface area contributed by atoms with Gasteiger partial charge in [0.2, 0.25) is 0 Å². The maximum Gasteiger partial charge on any atom is 0.434 e. The van der Waals surface area contributed by atoms with E-state index in [0.717, 1.165) is 12.3 Å². The second kappa shape index (κ2) is 5.54. The van der Waals surface area contributed by atoms with Gasteiger partial charge in [0, 0.05) is 11.6 Å². The lowest BCUT2D eigenvalue weighted by molar-refractivity contribution is -0.141. The second-order valence-electron chi connectivity index (χ2n) is 4.59. The highest BCUT2D eigenvalue weighted by atomic mass is 35.5. The van der Waals surface area contributed by atoms with Gasteiger partial charge in [0.05, 0.1) is 16.1 Å². The number of aromatic amines is 1. The number of benzene rings is 1. The normalized spacial score (nSPS) is 11.7. The quantitative estimate of drug-likeness (QED) is 0.743. The van der Waals surface area contributed by atoms with Crippen LogP contribution in [0, 0.1) is 0 Å². The summed E-state index contributed by atoms with van der Waals surface area (Å²) in [6.45, 7) is 0. The minimum atomic E-state index is -4.73. The third-order valence-electron chi connectivity index (χ3n) is 3.10. The van der Waals surface area contributed by atoms with E-state index in [0.29, 0.717) is 15.9 Å². The Balaban J connectivity index is 1.98. The van der Waals surface area contributed by atoms with Crippen molar-refractivity contribution >= 4 is 34.2 Å². The monoisotopic (exact) mass is 340 g/mol. The molecule has 0 aliphatic heterocycles. The number of nitrogens with one attached hydrogen (secondary N) is 2. The first-order chi connectivity index (χ1) is 10.9. The van der Waals surface area contributed by atoms with Crippen LogP contribution in [0.25, 0.3) is 10.9 Å². The number of H-pyrrole nitrogens is 1. The first-order valence-electron chi connectivity index (χ1n) is 6.34. The summed E-state index contributed by atoms with van der Waals surface area (Å²) in [5.41, 5.74) is -1.36. The topological polar surface area (TPSA) is 70.7 Å². The van der Waals surface area contributed by atoms with Crippen LogP contribution in [-0.4, -0.2) is 21.1 Å². The Labute approximate surface area is 132 Å². The fourth-order valence-corrected chi connectivity index (χ4v) is 2.31. The third-order valence-corrected chi connectivity index (χ3v) is 3.42. The van der Waals surface area contributed by atoms with E-state index < -0.39 is 23.3 Å². The van der Waals surface area contributed by atoms with Crippen LogP contribution in [0.5, 0.6) is 0 Å². The van der Waals surface area contributed by atoms with Crippen molar-refractivity contribution in [1.82, 2.24) is 15.2 Å². The molecular weight excluding hydrogens is 333 g/mol. The molecule has 2 N–H and O–H groups in total. The van der Waals surface area contributed by atoms with E-state index in [2.05, 4.69) is 20.5 Å². The van der Waals surface area contributed by atoms with Gasteiger partial charge in [-0.2, -0.15) is 18.3 Å². The highest BCUT2D eigenvalue weighted by molar-refractivity contribution is 6.35. The van der Waals surface area contributed by atoms with E-state index in [1.165, 1.54) is 6.07 Å². The van der Waals surface area contributed by atoms with Crippen LogP contribution in [0.15, 0.2) is 36.5 Å². The molecule has 2 heterocycles. The summed E-state index contributed by atoms with van der Waals surface area (Å²) in [5.74, 6) is -0.872. The van der Waals surface area contributed by atoms with Gasteiger partial charge in [-0.05, 0) is 24.3 Å². The van der Waals surface area contributed by atoms with E-state index >= 15 is 0 Å². The van der Waals surface area contributed by atoms with Crippen LogP contribution in [0.2, 0.25) is 5.02 Å². The number of fused-ring (bicyclic) bond motifs is 1. The lowest BCUT2D eigenvalue weighted by Crippen LogP contribution is -2.20. The number of nitrogens with zero attached hydrogens (tertiary/aromatic N) is 2. The molecule has 1 aromatic carbocycles. The van der Waals surface area contributed by atoms with Crippen LogP contribution < -0.4 is 5.32 Å². The number of carbonyl (C=O) groups excluding carboxylic acids is 1. The lowest BCUT2D eigenvalue weighted by Gasteiger charge is -2.10. The number of alkyl halides is 3. The molecule has 0 aliphatic rings. The smallest absolute Gasteiger partial charge is 0.304 e. The summed E-state index contributed by atoms with van der Waals surface area (Å²) in [7, 11) is 0. The Morgan fingerprint density at radius 2 is 2.00 bits per heavy atom. The number of para-hydroxylation sites is 1. The van der Waals surface area contributed by atoms with E-state index in [1.54, 1.807) is 18.2 Å². The zero-order valence-electron chi connectivity index (χ0n) is 11.3. The lowest BCUT2D eigenvalue weighted by atomic mass is 10.1. The maximum atomic E-state index is 12.9. The van der Waals surface area contributed by atoms with Crippen molar-refractivity contribution in [3.05, 3.63) is 52.8 Å². The molecule has 0 saturated carbocycles. The van der Waals surface area contributed by atoms with Crippen molar-refractivity contribution in [2.75, 3.05) is 5.32 Å². The molecule has 23 heavy (non-hydrogen) atoms. The standard InChI is InChI=1S/C14H8ClF3N4O/c15-9-5-1-3-7-10(9)21-22-12(7)20-13(23)8-4-2-6-19-11(8)14(16,17)18/h1-6H,(H2,20,21,22,23). The Morgan fingerprint density at radius 1 is 1.22 bits per heavy atom. The number of amides is 1. The molecular formula is C14H8ClF3N4O. The Bertz CT molecular complexity index is 891. The van der Waals surface area contributed by atoms with Gasteiger partial charge in [0.1, 0.15) is 0 Å². The molecule has 0 atom stereocenters. The molecule has 3 rings (SSSR count). The second-order valence-corrected chi connectivity index (χ2v) is 4.99. The van der Waals surface area contributed by atoms with Crippen LogP contribution >= 0.6 is 11.6 Å². The van der Waals surface area contributed by atoms with Crippen molar-refractivity contribution in [2.24, 2.45) is 0 Å². The average molecular weight is 341 g/mol. The largest absolute Gasteiger partial charge is 0.434 e. The minimum absolute atomic E-state index is 0.0875. The summed E-state index contributed by atoms with van der Waals surface area (Å²) in [6, 6.07) is 7.20. The molecule has 0 saturated heterocycles. The molecule has 9 heteroatoms. The summed E-state index contributed by atoms with van der Waals surface area (Å²) in [5, 5.41) is 9.71. The van der Waals surface area contributed by atoms with Crippen LogP contribution in [0.4, 0.5) is 19.0 Å². The van der Waals surface area contributed by atoms with Gasteiger partial charge >= 0.3 is 6.18 Å². The van der Waals surface area contributed by atoms with Crippen molar-refractivity contribution in [1.29, 1.82) is 0 Å². The fraction of sp³-hybridized carbons (Fsp3) is 0.0714. The summed E-state index contributed by atoms with van der Waals surface area (Å²) < 4.78 is 38.7. The summed E-state index contributed by atoms with van der Waals surface area (Å²) in [6.07, 6.45) is -3.76. The predicted molar refractivity (Wildman–Crippen MR) is 78.3 cm³/mol. The number of anilines is 1. The molecule has 5 nitrogen and oxygen atoms in total. The molecule has 0 aliphatic carbocycles. The SMILES string of the molecule is O=C(Nc1n[nH]c2c(Cl)cccc12)c1cccnc1C(F)(F)F. The van der Waals surface area contributed by atoms with Gasteiger partial charge in [0.25, 0.3) is 5.91 Å². The van der Waals surface area contributed by atoms with Gasteiger partial charge in [-0.1, -0.05) is 17.7 Å². The zero-order valence-corrected chi connectivity index (χ0v) is 12.0. The van der Waals surface area contributed by atoms with Gasteiger partial charge in [-0.25, -0.2) is 0 Å². The highest BCUT2D eigenvalue weighted by Gasteiger charge is 2.37. The van der Waals surface area contributed by atoms with Crippen molar-refractivity contribution in [3.8, 4) is 0 Å². The number of hydrogen-bond donors (Lipinski definition) is 2. The van der Waals surface area contributed by atoms with Crippen LogP contribution in [0.3, 0.4) is 0 Å². The fourth-order valence-electron chi connectivity index (χ4n) is 2.09. The molecule has 2 aromatic heterocycles. The minimum Gasteiger partial charge on any atom is -0.304 e. The number of carbonyl (C=O) groups is 1. The molecule has 0 bridgehead atoms. The van der Waals surface area contributed by atoms with Gasteiger partial charge in [-0.3, -0.25) is 14.9 Å². The molecule has 0 spiro atoms. The number of aromatic nitrogens is 3. The molecule has 3 aromatic rings. The Kier molecular flexibility index (Phi) is 3.69. The van der Waals surface area contributed by atoms with E-state index in [-0.39, 0.29) is 5.82 Å². The Hall–Kier alpha value is -2.61. The van der Waals surface area contributed by atoms with Gasteiger partial charge in [-0.15, -0.1) is 0 Å².